The molecule has 0 saturated carbocycles. The Hall–Kier alpha value is -2.70. The molecule has 182 valence electrons. The number of rotatable bonds is 9. The van der Waals surface area contributed by atoms with Crippen LogP contribution in [0.3, 0.4) is 0 Å². The number of hydrogen-bond donors (Lipinski definition) is 1. The van der Waals surface area contributed by atoms with Crippen LogP contribution in [0.1, 0.15) is 41.1 Å². The van der Waals surface area contributed by atoms with Gasteiger partial charge in [-0.3, -0.25) is 9.59 Å². The van der Waals surface area contributed by atoms with Gasteiger partial charge >= 0.3 is 0 Å². The molecule has 0 aliphatic carbocycles. The highest BCUT2D eigenvalue weighted by atomic mass is 35.5. The van der Waals surface area contributed by atoms with E-state index in [0.29, 0.717) is 39.0 Å². The summed E-state index contributed by atoms with van der Waals surface area (Å²) in [5.74, 6) is 0.0668. The molecule has 0 bridgehead atoms. The fraction of sp³-hybridized carbons (Fsp3) is 0.381. The van der Waals surface area contributed by atoms with E-state index >= 15 is 0 Å². The van der Waals surface area contributed by atoms with Gasteiger partial charge in [0.15, 0.2) is 22.2 Å². The van der Waals surface area contributed by atoms with Crippen LogP contribution in [0.2, 0.25) is 5.02 Å². The number of benzene rings is 1. The minimum absolute atomic E-state index is 0.0761. The second-order valence-corrected chi connectivity index (χ2v) is 9.74. The van der Waals surface area contributed by atoms with Crippen molar-refractivity contribution in [3.05, 3.63) is 45.4 Å². The van der Waals surface area contributed by atoms with E-state index in [4.69, 9.17) is 16.3 Å². The van der Waals surface area contributed by atoms with Crippen LogP contribution in [0.4, 0.5) is 9.52 Å². The van der Waals surface area contributed by atoms with E-state index < -0.39 is 11.9 Å². The zero-order chi connectivity index (χ0) is 25.0. The van der Waals surface area contributed by atoms with Crippen molar-refractivity contribution in [2.45, 2.75) is 38.6 Å². The molecule has 0 aliphatic rings. The van der Waals surface area contributed by atoms with Crippen LogP contribution in [0, 0.1) is 12.7 Å². The third kappa shape index (κ3) is 6.05. The Morgan fingerprint density at radius 1 is 1.35 bits per heavy atom. The van der Waals surface area contributed by atoms with Crippen molar-refractivity contribution in [2.24, 2.45) is 0 Å². The Morgan fingerprint density at radius 2 is 2.09 bits per heavy atom. The SMILES string of the molecule is CCn1c(SCC(=O)Nc2nc(C)c(C(=O)N(C)C)s2)nnc1C(C)Oc1ccc(F)cc1Cl. The standard InChI is InChI=1S/C21H24ClFN6O3S2/c1-6-29-18(12(3)32-15-8-7-13(23)9-14(15)22)26-27-21(29)33-10-16(30)25-20-24-11(2)17(34-20)19(31)28(4)5/h7-9,12H,6,10H2,1-5H3,(H,24,25,30). The Balaban J connectivity index is 1.64. The van der Waals surface area contributed by atoms with E-state index in [9.17, 15) is 14.0 Å². The van der Waals surface area contributed by atoms with Gasteiger partial charge in [0.2, 0.25) is 5.91 Å². The molecular weight excluding hydrogens is 503 g/mol. The number of carbonyl (C=O) groups excluding carboxylic acids is 2. The zero-order valence-corrected chi connectivity index (χ0v) is 21.6. The van der Waals surface area contributed by atoms with E-state index in [-0.39, 0.29) is 22.6 Å². The molecule has 3 aromatic rings. The summed E-state index contributed by atoms with van der Waals surface area (Å²) in [7, 11) is 3.32. The van der Waals surface area contributed by atoms with Crippen LogP contribution >= 0.6 is 34.7 Å². The number of carbonyl (C=O) groups is 2. The maximum Gasteiger partial charge on any atom is 0.265 e. The molecule has 13 heteroatoms. The Morgan fingerprint density at radius 3 is 2.74 bits per heavy atom. The van der Waals surface area contributed by atoms with Gasteiger partial charge in [0.25, 0.3) is 5.91 Å². The maximum atomic E-state index is 13.3. The number of thioether (sulfide) groups is 1. The summed E-state index contributed by atoms with van der Waals surface area (Å²) >= 11 is 8.41. The first-order valence-electron chi connectivity index (χ1n) is 10.3. The average molecular weight is 527 g/mol. The van der Waals surface area contributed by atoms with Gasteiger partial charge in [-0.1, -0.05) is 34.7 Å². The van der Waals surface area contributed by atoms with E-state index in [0.717, 1.165) is 11.3 Å². The lowest BCUT2D eigenvalue weighted by Crippen LogP contribution is -2.21. The van der Waals surface area contributed by atoms with E-state index in [2.05, 4.69) is 20.5 Å². The number of hydrogen-bond acceptors (Lipinski definition) is 8. The fourth-order valence-electron chi connectivity index (χ4n) is 2.96. The van der Waals surface area contributed by atoms with Crippen molar-refractivity contribution in [1.82, 2.24) is 24.6 Å². The van der Waals surface area contributed by atoms with Crippen molar-refractivity contribution in [3.8, 4) is 5.75 Å². The Bertz CT molecular complexity index is 1200. The second-order valence-electron chi connectivity index (χ2n) is 7.39. The first-order valence-corrected chi connectivity index (χ1v) is 12.4. The molecule has 1 N–H and O–H groups in total. The summed E-state index contributed by atoms with van der Waals surface area (Å²) in [5, 5.41) is 12.2. The lowest BCUT2D eigenvalue weighted by molar-refractivity contribution is -0.113. The quantitative estimate of drug-likeness (QED) is 0.411. The van der Waals surface area contributed by atoms with Gasteiger partial charge in [0.05, 0.1) is 16.5 Å². The second kappa shape index (κ2) is 11.2. The van der Waals surface area contributed by atoms with Crippen LogP contribution in [0.15, 0.2) is 23.4 Å². The lowest BCUT2D eigenvalue weighted by Gasteiger charge is -2.16. The van der Waals surface area contributed by atoms with Gasteiger partial charge in [-0.15, -0.1) is 10.2 Å². The normalized spacial score (nSPS) is 11.9. The van der Waals surface area contributed by atoms with Crippen molar-refractivity contribution in [1.29, 1.82) is 0 Å². The highest BCUT2D eigenvalue weighted by molar-refractivity contribution is 7.99. The third-order valence-corrected chi connectivity index (χ3v) is 6.92. The van der Waals surface area contributed by atoms with Gasteiger partial charge in [0.1, 0.15) is 16.4 Å². The number of nitrogens with zero attached hydrogens (tertiary/aromatic N) is 5. The number of anilines is 1. The summed E-state index contributed by atoms with van der Waals surface area (Å²) in [6, 6.07) is 3.90. The number of aryl methyl sites for hydroxylation is 1. The highest BCUT2D eigenvalue weighted by Crippen LogP contribution is 2.30. The Labute approximate surface area is 209 Å². The number of amides is 2. The van der Waals surface area contributed by atoms with Crippen molar-refractivity contribution >= 4 is 51.6 Å². The molecule has 9 nitrogen and oxygen atoms in total. The molecule has 0 fully saturated rings. The zero-order valence-electron chi connectivity index (χ0n) is 19.3. The van der Waals surface area contributed by atoms with Gasteiger partial charge < -0.3 is 19.5 Å². The molecule has 3 rings (SSSR count). The van der Waals surface area contributed by atoms with Crippen molar-refractivity contribution < 1.29 is 18.7 Å². The number of ether oxygens (including phenoxy) is 1. The van der Waals surface area contributed by atoms with Gasteiger partial charge in [0, 0.05) is 20.6 Å². The van der Waals surface area contributed by atoms with E-state index in [1.54, 1.807) is 27.9 Å². The molecule has 2 heterocycles. The molecule has 1 aromatic carbocycles. The number of aromatic nitrogens is 4. The van der Waals surface area contributed by atoms with Crippen LogP contribution in [-0.4, -0.2) is 56.3 Å². The monoisotopic (exact) mass is 526 g/mol. The molecule has 34 heavy (non-hydrogen) atoms. The van der Waals surface area contributed by atoms with Crippen LogP contribution < -0.4 is 10.1 Å². The summed E-state index contributed by atoms with van der Waals surface area (Å²) in [5.41, 5.74) is 0.567. The lowest BCUT2D eigenvalue weighted by atomic mass is 10.3. The molecular formula is C21H24ClFN6O3S2. The number of thiazole rings is 1. The van der Waals surface area contributed by atoms with E-state index in [1.165, 1.54) is 34.9 Å². The third-order valence-electron chi connectivity index (χ3n) is 4.60. The summed E-state index contributed by atoms with van der Waals surface area (Å²) in [6.45, 7) is 5.99. The number of nitrogens with one attached hydrogen (secondary N) is 1. The summed E-state index contributed by atoms with van der Waals surface area (Å²) < 4.78 is 21.0. The summed E-state index contributed by atoms with van der Waals surface area (Å²) in [4.78, 5) is 30.9. The van der Waals surface area contributed by atoms with Gasteiger partial charge in [-0.05, 0) is 39.0 Å². The topological polar surface area (TPSA) is 102 Å². The molecule has 1 unspecified atom stereocenters. The molecule has 0 radical (unpaired) electrons. The largest absolute Gasteiger partial charge is 0.481 e. The Kier molecular flexibility index (Phi) is 8.50. The van der Waals surface area contributed by atoms with Crippen LogP contribution in [0.5, 0.6) is 5.75 Å². The molecule has 0 saturated heterocycles. The molecule has 1 atom stereocenters. The molecule has 2 amide bonds. The van der Waals surface area contributed by atoms with Gasteiger partial charge in [-0.25, -0.2) is 9.37 Å². The van der Waals surface area contributed by atoms with E-state index in [1.807, 2.05) is 11.5 Å². The molecule has 0 aliphatic heterocycles. The molecule has 0 spiro atoms. The summed E-state index contributed by atoms with van der Waals surface area (Å²) in [6.07, 6.45) is -0.510. The van der Waals surface area contributed by atoms with Crippen molar-refractivity contribution in [3.63, 3.8) is 0 Å². The van der Waals surface area contributed by atoms with Crippen molar-refractivity contribution in [2.75, 3.05) is 25.2 Å². The smallest absolute Gasteiger partial charge is 0.265 e. The minimum Gasteiger partial charge on any atom is -0.481 e. The molecule has 2 aromatic heterocycles. The fourth-order valence-corrected chi connectivity index (χ4v) is 4.98. The number of halogens is 2. The predicted molar refractivity (Wildman–Crippen MR) is 130 cm³/mol. The van der Waals surface area contributed by atoms with Gasteiger partial charge in [-0.2, -0.15) is 0 Å². The van der Waals surface area contributed by atoms with Crippen LogP contribution in [-0.2, 0) is 11.3 Å². The highest BCUT2D eigenvalue weighted by Gasteiger charge is 2.21. The average Bonchev–Trinajstić information content (AvgIpc) is 3.36. The minimum atomic E-state index is -0.510. The first kappa shape index (κ1) is 25.9. The first-order chi connectivity index (χ1) is 16.1. The van der Waals surface area contributed by atoms with Crippen LogP contribution in [0.25, 0.3) is 0 Å². The predicted octanol–water partition coefficient (Wildman–Crippen LogP) is 4.43. The maximum absolute atomic E-state index is 13.3.